The van der Waals surface area contributed by atoms with E-state index in [4.69, 9.17) is 0 Å². The number of nitrogens with zero attached hydrogens (tertiary/aromatic N) is 5. The van der Waals surface area contributed by atoms with Gasteiger partial charge >= 0.3 is 0 Å². The number of imidazole rings is 2. The Kier molecular flexibility index (Phi) is 2.98. The Morgan fingerprint density at radius 2 is 2.05 bits per heavy atom. The summed E-state index contributed by atoms with van der Waals surface area (Å²) in [6, 6.07) is 7.98. The largest absolute Gasteiger partial charge is 0.333 e. The topological polar surface area (TPSA) is 60.0 Å². The Morgan fingerprint density at radius 1 is 1.25 bits per heavy atom. The van der Waals surface area contributed by atoms with Gasteiger partial charge in [0.25, 0.3) is 0 Å². The molecule has 20 heavy (non-hydrogen) atoms. The van der Waals surface area contributed by atoms with Crippen LogP contribution in [0.3, 0.4) is 0 Å². The molecule has 6 heteroatoms. The van der Waals surface area contributed by atoms with Gasteiger partial charge in [-0.3, -0.25) is 0 Å². The molecule has 2 aromatic heterocycles. The number of fused-ring (bicyclic) bond motifs is 1. The molecule has 102 valence electrons. The number of hydrogen-bond donors (Lipinski definition) is 1. The summed E-state index contributed by atoms with van der Waals surface area (Å²) < 4.78 is 3.90. The number of hydrogen-bond acceptors (Lipinski definition) is 4. The maximum absolute atomic E-state index is 4.51. The first-order valence-corrected chi connectivity index (χ1v) is 6.36. The van der Waals surface area contributed by atoms with Crippen molar-refractivity contribution in [2.45, 2.75) is 6.92 Å². The van der Waals surface area contributed by atoms with Gasteiger partial charge in [-0.15, -0.1) is 0 Å². The fraction of sp³-hybridized carbons (Fsp3) is 0.214. The molecular weight excluding hydrogens is 252 g/mol. The first kappa shape index (κ1) is 12.4. The van der Waals surface area contributed by atoms with Crippen molar-refractivity contribution in [3.63, 3.8) is 0 Å². The predicted molar refractivity (Wildman–Crippen MR) is 79.8 cm³/mol. The van der Waals surface area contributed by atoms with Crippen molar-refractivity contribution in [3.05, 3.63) is 42.5 Å². The minimum atomic E-state index is 0.708. The second-order valence-electron chi connectivity index (χ2n) is 4.65. The average molecular weight is 268 g/mol. The third-order valence-corrected chi connectivity index (χ3v) is 3.26. The SMILES string of the molecule is C/C(=N\Nc1nc2ccccc2n1C)c1nccn1C. The molecule has 0 aliphatic heterocycles. The third kappa shape index (κ3) is 2.05. The van der Waals surface area contributed by atoms with Gasteiger partial charge < -0.3 is 9.13 Å². The number of anilines is 1. The van der Waals surface area contributed by atoms with E-state index in [-0.39, 0.29) is 0 Å². The van der Waals surface area contributed by atoms with Crippen molar-refractivity contribution in [3.8, 4) is 0 Å². The lowest BCUT2D eigenvalue weighted by Gasteiger charge is -2.03. The summed E-state index contributed by atoms with van der Waals surface area (Å²) in [6.07, 6.45) is 3.65. The van der Waals surface area contributed by atoms with Crippen LogP contribution >= 0.6 is 0 Å². The third-order valence-electron chi connectivity index (χ3n) is 3.26. The van der Waals surface area contributed by atoms with Gasteiger partial charge in [-0.1, -0.05) is 12.1 Å². The number of benzene rings is 1. The standard InChI is InChI=1S/C14H16N6/c1-10(13-15-8-9-19(13)2)17-18-14-16-11-6-4-5-7-12(11)20(14)3/h4-9H,1-3H3,(H,16,18)/b17-10+. The minimum Gasteiger partial charge on any atom is -0.333 e. The zero-order valence-corrected chi connectivity index (χ0v) is 11.7. The molecule has 1 N–H and O–H groups in total. The van der Waals surface area contributed by atoms with E-state index in [1.165, 1.54) is 0 Å². The van der Waals surface area contributed by atoms with Crippen molar-refractivity contribution in [2.24, 2.45) is 19.2 Å². The zero-order valence-electron chi connectivity index (χ0n) is 11.7. The van der Waals surface area contributed by atoms with Crippen LogP contribution in [0.25, 0.3) is 11.0 Å². The zero-order chi connectivity index (χ0) is 14.1. The van der Waals surface area contributed by atoms with Gasteiger partial charge in [0.15, 0.2) is 5.82 Å². The van der Waals surface area contributed by atoms with Crippen LogP contribution in [-0.4, -0.2) is 24.8 Å². The fourth-order valence-corrected chi connectivity index (χ4v) is 2.14. The summed E-state index contributed by atoms with van der Waals surface area (Å²) in [5, 5.41) is 4.35. The van der Waals surface area contributed by atoms with Gasteiger partial charge in [0.2, 0.25) is 5.95 Å². The van der Waals surface area contributed by atoms with Crippen molar-refractivity contribution in [1.29, 1.82) is 0 Å². The molecule has 3 aromatic rings. The van der Waals surface area contributed by atoms with Gasteiger partial charge in [-0.2, -0.15) is 5.10 Å². The quantitative estimate of drug-likeness (QED) is 0.585. The van der Waals surface area contributed by atoms with E-state index in [9.17, 15) is 0 Å². The second-order valence-corrected chi connectivity index (χ2v) is 4.65. The van der Waals surface area contributed by atoms with Crippen molar-refractivity contribution in [1.82, 2.24) is 19.1 Å². The number of nitrogens with one attached hydrogen (secondary N) is 1. The normalized spacial score (nSPS) is 12.1. The van der Waals surface area contributed by atoms with E-state index in [0.29, 0.717) is 5.95 Å². The lowest BCUT2D eigenvalue weighted by molar-refractivity contribution is 0.893. The van der Waals surface area contributed by atoms with E-state index in [1.807, 2.05) is 60.6 Å². The Labute approximate surface area is 116 Å². The molecule has 2 heterocycles. The molecule has 0 radical (unpaired) electrons. The van der Waals surface area contributed by atoms with Crippen LogP contribution in [0.15, 0.2) is 41.8 Å². The molecule has 6 nitrogen and oxygen atoms in total. The molecule has 1 aromatic carbocycles. The molecule has 0 aliphatic rings. The van der Waals surface area contributed by atoms with Crippen LogP contribution in [-0.2, 0) is 14.1 Å². The summed E-state index contributed by atoms with van der Waals surface area (Å²) in [7, 11) is 3.90. The van der Waals surface area contributed by atoms with Crippen LogP contribution in [0.2, 0.25) is 0 Å². The molecule has 0 fully saturated rings. The van der Waals surface area contributed by atoms with Crippen LogP contribution in [0, 0.1) is 0 Å². The summed E-state index contributed by atoms with van der Waals surface area (Å²) >= 11 is 0. The van der Waals surface area contributed by atoms with Crippen LogP contribution < -0.4 is 5.43 Å². The summed E-state index contributed by atoms with van der Waals surface area (Å²) in [5.41, 5.74) is 5.83. The molecule has 0 saturated heterocycles. The predicted octanol–water partition coefficient (Wildman–Crippen LogP) is 2.14. The number of aryl methyl sites for hydroxylation is 2. The number of hydrazone groups is 1. The summed E-state index contributed by atoms with van der Waals surface area (Å²) in [4.78, 5) is 8.76. The van der Waals surface area contributed by atoms with Crippen LogP contribution in [0.4, 0.5) is 5.95 Å². The van der Waals surface area contributed by atoms with Gasteiger partial charge in [0.1, 0.15) is 5.71 Å². The smallest absolute Gasteiger partial charge is 0.224 e. The Balaban J connectivity index is 1.90. The highest BCUT2D eigenvalue weighted by atomic mass is 15.4. The highest BCUT2D eigenvalue weighted by molar-refractivity contribution is 5.96. The molecule has 0 atom stereocenters. The minimum absolute atomic E-state index is 0.708. The molecular formula is C14H16N6. The second kappa shape index (κ2) is 4.80. The lowest BCUT2D eigenvalue weighted by Crippen LogP contribution is -2.08. The van der Waals surface area contributed by atoms with E-state index >= 15 is 0 Å². The van der Waals surface area contributed by atoms with Crippen molar-refractivity contribution < 1.29 is 0 Å². The first-order chi connectivity index (χ1) is 9.66. The van der Waals surface area contributed by atoms with Crippen molar-refractivity contribution in [2.75, 3.05) is 5.43 Å². The molecule has 3 rings (SSSR count). The Morgan fingerprint density at radius 3 is 2.75 bits per heavy atom. The molecule has 0 saturated carbocycles. The number of aromatic nitrogens is 4. The number of para-hydroxylation sites is 2. The monoisotopic (exact) mass is 268 g/mol. The Hall–Kier alpha value is -2.63. The Bertz CT molecular complexity index is 780. The van der Waals surface area contributed by atoms with Gasteiger partial charge in [0.05, 0.1) is 11.0 Å². The van der Waals surface area contributed by atoms with E-state index < -0.39 is 0 Å². The molecule has 0 aliphatic carbocycles. The van der Waals surface area contributed by atoms with E-state index in [0.717, 1.165) is 22.6 Å². The summed E-state index contributed by atoms with van der Waals surface area (Å²) in [5.74, 6) is 1.54. The fourth-order valence-electron chi connectivity index (χ4n) is 2.14. The van der Waals surface area contributed by atoms with Crippen LogP contribution in [0.1, 0.15) is 12.7 Å². The first-order valence-electron chi connectivity index (χ1n) is 6.36. The van der Waals surface area contributed by atoms with Crippen molar-refractivity contribution >= 4 is 22.7 Å². The van der Waals surface area contributed by atoms with Gasteiger partial charge in [-0.05, 0) is 19.1 Å². The van der Waals surface area contributed by atoms with E-state index in [1.54, 1.807) is 6.20 Å². The van der Waals surface area contributed by atoms with E-state index in [2.05, 4.69) is 20.5 Å². The maximum atomic E-state index is 4.51. The highest BCUT2D eigenvalue weighted by Crippen LogP contribution is 2.17. The summed E-state index contributed by atoms with van der Waals surface area (Å²) in [6.45, 7) is 1.91. The molecule has 0 unspecified atom stereocenters. The highest BCUT2D eigenvalue weighted by Gasteiger charge is 2.07. The van der Waals surface area contributed by atoms with Gasteiger partial charge in [-0.25, -0.2) is 15.4 Å². The molecule has 0 spiro atoms. The average Bonchev–Trinajstić information content (AvgIpc) is 3.01. The maximum Gasteiger partial charge on any atom is 0.224 e. The molecule has 0 bridgehead atoms. The van der Waals surface area contributed by atoms with Crippen LogP contribution in [0.5, 0.6) is 0 Å². The number of rotatable bonds is 3. The molecule has 0 amide bonds. The lowest BCUT2D eigenvalue weighted by atomic mass is 10.3. The van der Waals surface area contributed by atoms with Gasteiger partial charge in [0, 0.05) is 26.5 Å².